The summed E-state index contributed by atoms with van der Waals surface area (Å²) in [6, 6.07) is 6.68. The molecule has 9 heteroatoms. The molecule has 1 aromatic heterocycles. The van der Waals surface area contributed by atoms with E-state index >= 15 is 0 Å². The number of benzene rings is 1. The van der Waals surface area contributed by atoms with E-state index in [0.717, 1.165) is 30.3 Å². The van der Waals surface area contributed by atoms with Crippen LogP contribution in [0.15, 0.2) is 30.5 Å². The van der Waals surface area contributed by atoms with Gasteiger partial charge in [0.2, 0.25) is 0 Å². The van der Waals surface area contributed by atoms with Crippen LogP contribution < -0.4 is 5.32 Å². The van der Waals surface area contributed by atoms with Gasteiger partial charge in [-0.25, -0.2) is 4.68 Å². The zero-order valence-electron chi connectivity index (χ0n) is 15.8. The lowest BCUT2D eigenvalue weighted by Crippen LogP contribution is -2.41. The maximum Gasteiger partial charge on any atom is 0.434 e. The molecule has 0 atom stereocenters. The summed E-state index contributed by atoms with van der Waals surface area (Å²) in [4.78, 5) is 14.3. The Labute approximate surface area is 168 Å². The second kappa shape index (κ2) is 8.96. The number of aromatic nitrogens is 2. The number of para-hydroxylation sites is 1. The topological polar surface area (TPSA) is 50.2 Å². The summed E-state index contributed by atoms with van der Waals surface area (Å²) in [5, 5.41) is 7.02. The summed E-state index contributed by atoms with van der Waals surface area (Å²) in [5.74, 6) is -0.166. The van der Waals surface area contributed by atoms with E-state index in [1.165, 1.54) is 4.90 Å². The van der Waals surface area contributed by atoms with Crippen molar-refractivity contribution in [2.75, 3.05) is 26.7 Å². The van der Waals surface area contributed by atoms with Gasteiger partial charge in [-0.1, -0.05) is 18.2 Å². The smallest absolute Gasteiger partial charge is 0.339 e. The highest BCUT2D eigenvalue weighted by molar-refractivity contribution is 5.95. The number of halogens is 4. The highest BCUT2D eigenvalue weighted by atomic mass is 35.5. The molecule has 3 rings (SSSR count). The molecular formula is C19H24ClF3N4O. The zero-order valence-corrected chi connectivity index (χ0v) is 16.6. The van der Waals surface area contributed by atoms with Crippen molar-refractivity contribution in [1.29, 1.82) is 0 Å². The fraction of sp³-hybridized carbons (Fsp3) is 0.474. The highest BCUT2D eigenvalue weighted by Gasteiger charge is 2.42. The minimum Gasteiger partial charge on any atom is -0.339 e. The van der Waals surface area contributed by atoms with Gasteiger partial charge in [0, 0.05) is 13.1 Å². The average Bonchev–Trinajstić information content (AvgIpc) is 3.08. The third-order valence-corrected chi connectivity index (χ3v) is 5.01. The average molecular weight is 417 g/mol. The highest BCUT2D eigenvalue weighted by Crippen LogP contribution is 2.35. The standard InChI is InChI=1S/C19H23F3N4O.ClH/c1-13-5-3-4-6-16(13)26-17(19(20,21)22)15(12-24-26)18(27)25-9-7-14(8-10-25)11-23-2;/h3-6,12,14,23H,7-11H2,1-2H3;1H. The quantitative estimate of drug-likeness (QED) is 0.827. The van der Waals surface area contributed by atoms with Crippen LogP contribution in [0.1, 0.15) is 34.5 Å². The number of likely N-dealkylation sites (tertiary alicyclic amines) is 1. The number of carbonyl (C=O) groups excluding carboxylic acids is 1. The van der Waals surface area contributed by atoms with Gasteiger partial charge < -0.3 is 10.2 Å². The van der Waals surface area contributed by atoms with Crippen molar-refractivity contribution in [3.05, 3.63) is 47.3 Å². The lowest BCUT2D eigenvalue weighted by Gasteiger charge is -2.32. The van der Waals surface area contributed by atoms with Gasteiger partial charge in [0.25, 0.3) is 5.91 Å². The number of nitrogens with zero attached hydrogens (tertiary/aromatic N) is 3. The molecule has 1 fully saturated rings. The van der Waals surface area contributed by atoms with Gasteiger partial charge in [0.05, 0.1) is 17.4 Å². The van der Waals surface area contributed by atoms with Crippen LogP contribution in [0.3, 0.4) is 0 Å². The molecule has 5 nitrogen and oxygen atoms in total. The summed E-state index contributed by atoms with van der Waals surface area (Å²) in [7, 11) is 1.87. The van der Waals surface area contributed by atoms with Crippen LogP contribution in [0.2, 0.25) is 0 Å². The third kappa shape index (κ3) is 4.50. The Bertz CT molecular complexity index is 814. The van der Waals surface area contributed by atoms with E-state index in [9.17, 15) is 18.0 Å². The predicted molar refractivity (Wildman–Crippen MR) is 103 cm³/mol. The fourth-order valence-corrected chi connectivity index (χ4v) is 3.56. The molecule has 1 saturated heterocycles. The molecule has 1 aromatic carbocycles. The Morgan fingerprint density at radius 2 is 1.89 bits per heavy atom. The molecule has 1 aliphatic heterocycles. The number of piperidine rings is 1. The van der Waals surface area contributed by atoms with Crippen LogP contribution in [-0.4, -0.2) is 47.3 Å². The van der Waals surface area contributed by atoms with Gasteiger partial charge in [-0.05, 0) is 50.9 Å². The largest absolute Gasteiger partial charge is 0.434 e. The lowest BCUT2D eigenvalue weighted by molar-refractivity contribution is -0.143. The fourth-order valence-electron chi connectivity index (χ4n) is 3.56. The Morgan fingerprint density at radius 3 is 2.46 bits per heavy atom. The van der Waals surface area contributed by atoms with E-state index in [0.29, 0.717) is 30.3 Å². The number of aryl methyl sites for hydroxylation is 1. The van der Waals surface area contributed by atoms with Crippen LogP contribution in [0.25, 0.3) is 5.69 Å². The van der Waals surface area contributed by atoms with Gasteiger partial charge in [-0.2, -0.15) is 18.3 Å². The summed E-state index contributed by atoms with van der Waals surface area (Å²) < 4.78 is 42.3. The van der Waals surface area contributed by atoms with Crippen molar-refractivity contribution >= 4 is 18.3 Å². The van der Waals surface area contributed by atoms with Gasteiger partial charge in [0.1, 0.15) is 0 Å². The molecule has 0 unspecified atom stereocenters. The van der Waals surface area contributed by atoms with Gasteiger partial charge >= 0.3 is 6.18 Å². The van der Waals surface area contributed by atoms with Crippen molar-refractivity contribution in [2.24, 2.45) is 5.92 Å². The van der Waals surface area contributed by atoms with E-state index in [2.05, 4.69) is 10.4 Å². The maximum atomic E-state index is 13.8. The SMILES string of the molecule is CNCC1CCN(C(=O)c2cnn(-c3ccccc3C)c2C(F)(F)F)CC1.Cl. The zero-order chi connectivity index (χ0) is 19.6. The Hall–Kier alpha value is -2.06. The van der Waals surface area contributed by atoms with E-state index in [-0.39, 0.29) is 12.4 Å². The Morgan fingerprint density at radius 1 is 1.25 bits per heavy atom. The van der Waals surface area contributed by atoms with Crippen molar-refractivity contribution < 1.29 is 18.0 Å². The molecule has 154 valence electrons. The number of nitrogens with one attached hydrogen (secondary N) is 1. The minimum absolute atomic E-state index is 0. The molecule has 0 bridgehead atoms. The minimum atomic E-state index is -4.69. The van der Waals surface area contributed by atoms with Crippen LogP contribution in [0, 0.1) is 12.8 Å². The molecular weight excluding hydrogens is 393 g/mol. The van der Waals surface area contributed by atoms with Crippen molar-refractivity contribution in [1.82, 2.24) is 20.0 Å². The summed E-state index contributed by atoms with van der Waals surface area (Å²) in [5.41, 5.74) is -0.438. The van der Waals surface area contributed by atoms with E-state index in [4.69, 9.17) is 0 Å². The number of amides is 1. The lowest BCUT2D eigenvalue weighted by atomic mass is 9.96. The first-order valence-electron chi connectivity index (χ1n) is 8.98. The molecule has 2 aromatic rings. The monoisotopic (exact) mass is 416 g/mol. The molecule has 1 amide bonds. The summed E-state index contributed by atoms with van der Waals surface area (Å²) >= 11 is 0. The van der Waals surface area contributed by atoms with Crippen LogP contribution >= 0.6 is 12.4 Å². The molecule has 0 saturated carbocycles. The molecule has 28 heavy (non-hydrogen) atoms. The van der Waals surface area contributed by atoms with Gasteiger partial charge in [-0.15, -0.1) is 12.4 Å². The predicted octanol–water partition coefficient (Wildman–Crippen LogP) is 3.69. The number of rotatable bonds is 4. The Kier molecular flexibility index (Phi) is 7.11. The number of hydrogen-bond acceptors (Lipinski definition) is 3. The number of carbonyl (C=O) groups is 1. The van der Waals surface area contributed by atoms with Crippen LogP contribution in [0.4, 0.5) is 13.2 Å². The van der Waals surface area contributed by atoms with Crippen molar-refractivity contribution in [3.8, 4) is 5.69 Å². The second-order valence-electron chi connectivity index (χ2n) is 6.90. The molecule has 0 aliphatic carbocycles. The van der Waals surface area contributed by atoms with E-state index < -0.39 is 23.3 Å². The van der Waals surface area contributed by atoms with Crippen LogP contribution in [-0.2, 0) is 6.18 Å². The molecule has 1 N–H and O–H groups in total. The number of alkyl halides is 3. The van der Waals surface area contributed by atoms with Crippen LogP contribution in [0.5, 0.6) is 0 Å². The molecule has 1 aliphatic rings. The first-order valence-corrected chi connectivity index (χ1v) is 8.98. The Balaban J connectivity index is 0.00000280. The maximum absolute atomic E-state index is 13.8. The first kappa shape index (κ1) is 22.2. The van der Waals surface area contributed by atoms with Gasteiger partial charge in [-0.3, -0.25) is 4.79 Å². The normalized spacial score (nSPS) is 15.4. The van der Waals surface area contributed by atoms with E-state index in [1.54, 1.807) is 31.2 Å². The van der Waals surface area contributed by atoms with Crippen molar-refractivity contribution in [2.45, 2.75) is 25.9 Å². The van der Waals surface area contributed by atoms with E-state index in [1.807, 2.05) is 7.05 Å². The third-order valence-electron chi connectivity index (χ3n) is 5.01. The van der Waals surface area contributed by atoms with Crippen molar-refractivity contribution in [3.63, 3.8) is 0 Å². The molecule has 0 radical (unpaired) electrons. The number of hydrogen-bond donors (Lipinski definition) is 1. The molecule has 2 heterocycles. The summed E-state index contributed by atoms with van der Waals surface area (Å²) in [6.07, 6.45) is -2.09. The van der Waals surface area contributed by atoms with Gasteiger partial charge in [0.15, 0.2) is 5.69 Å². The first-order chi connectivity index (χ1) is 12.8. The molecule has 0 spiro atoms. The summed E-state index contributed by atoms with van der Waals surface area (Å²) in [6.45, 7) is 3.47. The second-order valence-corrected chi connectivity index (χ2v) is 6.90.